The lowest BCUT2D eigenvalue weighted by Crippen LogP contribution is -2.29. The fourth-order valence-corrected chi connectivity index (χ4v) is 2.79. The number of aromatic amines is 2. The molecule has 114 valence electrons. The molecule has 5 heteroatoms. The van der Waals surface area contributed by atoms with Gasteiger partial charge < -0.3 is 15.1 Å². The first-order valence-electron chi connectivity index (χ1n) is 7.51. The van der Waals surface area contributed by atoms with Crippen molar-refractivity contribution < 1.29 is 5.11 Å². The lowest BCUT2D eigenvalue weighted by Gasteiger charge is -2.22. The molecule has 3 N–H and O–H groups in total. The van der Waals surface area contributed by atoms with Crippen LogP contribution in [0.5, 0.6) is 0 Å². The number of aliphatic hydroxyl groups excluding tert-OH is 1. The van der Waals surface area contributed by atoms with Crippen molar-refractivity contribution in [3.05, 3.63) is 44.5 Å². The van der Waals surface area contributed by atoms with Crippen LogP contribution < -0.4 is 11.1 Å². The Morgan fingerprint density at radius 1 is 1.00 bits per heavy atom. The summed E-state index contributed by atoms with van der Waals surface area (Å²) in [6.07, 6.45) is 3.44. The molecule has 0 spiro atoms. The summed E-state index contributed by atoms with van der Waals surface area (Å²) in [4.78, 5) is 27.7. The van der Waals surface area contributed by atoms with Crippen molar-refractivity contribution in [3.8, 4) is 0 Å². The second-order valence-electron chi connectivity index (χ2n) is 5.50. The lowest BCUT2D eigenvalue weighted by molar-refractivity contribution is 0.0965. The van der Waals surface area contributed by atoms with Crippen LogP contribution in [0, 0.1) is 5.92 Å². The summed E-state index contributed by atoms with van der Waals surface area (Å²) in [5, 5.41) is 10.6. The molecule has 1 heterocycles. The molecular weight excluding hydrogens is 268 g/mol. The number of fused-ring (bicyclic) bond motifs is 1. The highest BCUT2D eigenvalue weighted by Gasteiger charge is 2.19. The molecule has 1 unspecified atom stereocenters. The van der Waals surface area contributed by atoms with Gasteiger partial charge in [0.1, 0.15) is 0 Å². The van der Waals surface area contributed by atoms with Gasteiger partial charge in [-0.1, -0.05) is 32.8 Å². The van der Waals surface area contributed by atoms with Gasteiger partial charge in [0.25, 0.3) is 0 Å². The maximum Gasteiger partial charge on any atom is 0.314 e. The van der Waals surface area contributed by atoms with Crippen molar-refractivity contribution in [1.29, 1.82) is 0 Å². The molecule has 0 saturated carbocycles. The number of aliphatic hydroxyl groups is 1. The molecule has 0 amide bonds. The monoisotopic (exact) mass is 290 g/mol. The van der Waals surface area contributed by atoms with E-state index in [0.29, 0.717) is 11.0 Å². The number of aromatic nitrogens is 2. The molecule has 0 saturated heterocycles. The minimum absolute atomic E-state index is 0.215. The number of nitrogens with one attached hydrogen (secondary N) is 2. The van der Waals surface area contributed by atoms with Crippen molar-refractivity contribution in [2.24, 2.45) is 5.92 Å². The number of hydrogen-bond donors (Lipinski definition) is 3. The average Bonchev–Trinajstić information content (AvgIpc) is 2.47. The number of benzene rings is 1. The number of hydrogen-bond acceptors (Lipinski definition) is 3. The molecule has 0 fully saturated rings. The van der Waals surface area contributed by atoms with E-state index < -0.39 is 17.2 Å². The third-order valence-electron chi connectivity index (χ3n) is 3.85. The van der Waals surface area contributed by atoms with Crippen molar-refractivity contribution >= 4 is 11.0 Å². The standard InChI is InChI=1S/C16H22N2O3/c1-3-5-10(6-4-2)14(19)11-7-8-12-13(9-11)18-16(21)15(20)17-12/h7-10,14,19H,3-6H2,1-2H3,(H,17,20)(H,18,21). The van der Waals surface area contributed by atoms with Gasteiger partial charge in [-0.2, -0.15) is 0 Å². The number of rotatable bonds is 6. The fourth-order valence-electron chi connectivity index (χ4n) is 2.79. The minimum Gasteiger partial charge on any atom is -0.388 e. The average molecular weight is 290 g/mol. The first kappa shape index (κ1) is 15.5. The van der Waals surface area contributed by atoms with Crippen LogP contribution in [-0.2, 0) is 0 Å². The molecule has 1 atom stereocenters. The lowest BCUT2D eigenvalue weighted by atomic mass is 9.88. The Bertz CT molecular complexity index is 711. The van der Waals surface area contributed by atoms with Crippen LogP contribution in [0.4, 0.5) is 0 Å². The summed E-state index contributed by atoms with van der Waals surface area (Å²) < 4.78 is 0. The molecule has 5 nitrogen and oxygen atoms in total. The highest BCUT2D eigenvalue weighted by atomic mass is 16.3. The van der Waals surface area contributed by atoms with Crippen molar-refractivity contribution in [2.45, 2.75) is 45.6 Å². The molecule has 2 rings (SSSR count). The topological polar surface area (TPSA) is 85.9 Å². The van der Waals surface area contributed by atoms with Gasteiger partial charge in [-0.05, 0) is 36.5 Å². The Labute approximate surface area is 123 Å². The molecule has 0 aliphatic carbocycles. The molecule has 0 radical (unpaired) electrons. The summed E-state index contributed by atoms with van der Waals surface area (Å²) in [5.41, 5.74) is 0.552. The fraction of sp³-hybridized carbons (Fsp3) is 0.500. The SMILES string of the molecule is CCCC(CCC)C(O)c1ccc2[nH]c(=O)c(=O)[nH]c2c1. The molecule has 0 bridgehead atoms. The summed E-state index contributed by atoms with van der Waals surface area (Å²) in [7, 11) is 0. The van der Waals surface area contributed by atoms with Gasteiger partial charge in [-0.25, -0.2) is 0 Å². The van der Waals surface area contributed by atoms with Crippen LogP contribution in [0.25, 0.3) is 11.0 Å². The zero-order chi connectivity index (χ0) is 15.4. The molecule has 0 aliphatic rings. The van der Waals surface area contributed by atoms with Crippen LogP contribution in [-0.4, -0.2) is 15.1 Å². The second-order valence-corrected chi connectivity index (χ2v) is 5.50. The van der Waals surface area contributed by atoms with Crippen LogP contribution >= 0.6 is 0 Å². The third kappa shape index (κ3) is 3.42. The Kier molecular flexibility index (Phi) is 4.96. The van der Waals surface area contributed by atoms with Gasteiger partial charge in [0.05, 0.1) is 17.1 Å². The molecule has 1 aromatic carbocycles. The largest absolute Gasteiger partial charge is 0.388 e. The van der Waals surface area contributed by atoms with Gasteiger partial charge in [0, 0.05) is 0 Å². The molecule has 1 aromatic heterocycles. The van der Waals surface area contributed by atoms with Gasteiger partial charge in [0.15, 0.2) is 0 Å². The summed E-state index contributed by atoms with van der Waals surface area (Å²) in [6.45, 7) is 4.22. The first-order valence-corrected chi connectivity index (χ1v) is 7.51. The maximum atomic E-state index is 11.4. The van der Waals surface area contributed by atoms with E-state index in [1.165, 1.54) is 0 Å². The Balaban J connectivity index is 2.39. The predicted molar refractivity (Wildman–Crippen MR) is 83.5 cm³/mol. The normalized spacial score (nSPS) is 13.0. The van der Waals surface area contributed by atoms with Gasteiger partial charge >= 0.3 is 11.1 Å². The Hall–Kier alpha value is -1.88. The van der Waals surface area contributed by atoms with Gasteiger partial charge in [-0.15, -0.1) is 0 Å². The van der Waals surface area contributed by atoms with Gasteiger partial charge in [-0.3, -0.25) is 9.59 Å². The van der Waals surface area contributed by atoms with Crippen LogP contribution in [0.1, 0.15) is 51.2 Å². The quantitative estimate of drug-likeness (QED) is 0.714. The Morgan fingerprint density at radius 2 is 1.57 bits per heavy atom. The van der Waals surface area contributed by atoms with Crippen molar-refractivity contribution in [2.75, 3.05) is 0 Å². The van der Waals surface area contributed by atoms with Gasteiger partial charge in [0.2, 0.25) is 0 Å². The first-order chi connectivity index (χ1) is 10.1. The molecule has 2 aromatic rings. The number of H-pyrrole nitrogens is 2. The van der Waals surface area contributed by atoms with Crippen LogP contribution in [0.15, 0.2) is 27.8 Å². The van der Waals surface area contributed by atoms with E-state index in [1.54, 1.807) is 18.2 Å². The van der Waals surface area contributed by atoms with E-state index >= 15 is 0 Å². The van der Waals surface area contributed by atoms with Crippen LogP contribution in [0.2, 0.25) is 0 Å². The Morgan fingerprint density at radius 3 is 2.14 bits per heavy atom. The zero-order valence-electron chi connectivity index (χ0n) is 12.5. The highest BCUT2D eigenvalue weighted by molar-refractivity contribution is 5.74. The second kappa shape index (κ2) is 6.72. The minimum atomic E-state index is -0.673. The van der Waals surface area contributed by atoms with E-state index in [1.807, 2.05) is 0 Å². The third-order valence-corrected chi connectivity index (χ3v) is 3.85. The van der Waals surface area contributed by atoms with E-state index in [4.69, 9.17) is 0 Å². The summed E-state index contributed by atoms with van der Waals surface area (Å²) in [6, 6.07) is 5.27. The maximum absolute atomic E-state index is 11.4. The molecule has 21 heavy (non-hydrogen) atoms. The molecular formula is C16H22N2O3. The van der Waals surface area contributed by atoms with E-state index in [9.17, 15) is 14.7 Å². The highest BCUT2D eigenvalue weighted by Crippen LogP contribution is 2.30. The van der Waals surface area contributed by atoms with E-state index in [-0.39, 0.29) is 5.92 Å². The molecule has 0 aliphatic heterocycles. The van der Waals surface area contributed by atoms with E-state index in [0.717, 1.165) is 31.2 Å². The van der Waals surface area contributed by atoms with Crippen molar-refractivity contribution in [1.82, 2.24) is 9.97 Å². The summed E-state index contributed by atoms with van der Waals surface area (Å²) >= 11 is 0. The predicted octanol–water partition coefficient (Wildman–Crippen LogP) is 2.47. The van der Waals surface area contributed by atoms with Crippen molar-refractivity contribution in [3.63, 3.8) is 0 Å². The smallest absolute Gasteiger partial charge is 0.314 e. The van der Waals surface area contributed by atoms with E-state index in [2.05, 4.69) is 23.8 Å². The summed E-state index contributed by atoms with van der Waals surface area (Å²) in [5.74, 6) is 0.215. The zero-order valence-corrected chi connectivity index (χ0v) is 12.5. The van der Waals surface area contributed by atoms with Crippen LogP contribution in [0.3, 0.4) is 0 Å².